The summed E-state index contributed by atoms with van der Waals surface area (Å²) in [6, 6.07) is 0.659. The zero-order valence-corrected chi connectivity index (χ0v) is 11.5. The molecule has 1 amide bonds. The first-order chi connectivity index (χ1) is 9.15. The lowest BCUT2D eigenvalue weighted by Gasteiger charge is -2.43. The fourth-order valence-electron chi connectivity index (χ4n) is 2.70. The number of hydrogen-bond donors (Lipinski definition) is 1. The Morgan fingerprint density at radius 2 is 1.95 bits per heavy atom. The molecule has 2 fully saturated rings. The van der Waals surface area contributed by atoms with E-state index in [1.807, 2.05) is 11.8 Å². The van der Waals surface area contributed by atoms with Crippen LogP contribution in [0.1, 0.15) is 22.1 Å². The van der Waals surface area contributed by atoms with Gasteiger partial charge in [0.25, 0.3) is 5.91 Å². The van der Waals surface area contributed by atoms with Crippen LogP contribution in [0.4, 0.5) is 0 Å². The van der Waals surface area contributed by atoms with Gasteiger partial charge in [0.1, 0.15) is 0 Å². The van der Waals surface area contributed by atoms with Gasteiger partial charge in [0.2, 0.25) is 5.76 Å². The summed E-state index contributed by atoms with van der Waals surface area (Å²) < 4.78 is 5.41. The number of carbonyl (C=O) groups excluding carboxylic acids is 1. The third-order valence-corrected chi connectivity index (χ3v) is 3.98. The van der Waals surface area contributed by atoms with E-state index in [2.05, 4.69) is 15.2 Å². The summed E-state index contributed by atoms with van der Waals surface area (Å²) in [6.07, 6.45) is 0. The van der Waals surface area contributed by atoms with E-state index in [1.54, 1.807) is 6.92 Å². The van der Waals surface area contributed by atoms with Crippen LogP contribution >= 0.6 is 0 Å². The normalized spacial score (nSPS) is 21.5. The lowest BCUT2D eigenvalue weighted by molar-refractivity contribution is 0.0475. The van der Waals surface area contributed by atoms with Gasteiger partial charge in [-0.15, -0.1) is 0 Å². The van der Waals surface area contributed by atoms with Crippen LogP contribution in [0.25, 0.3) is 0 Å². The third-order valence-electron chi connectivity index (χ3n) is 3.98. The average Bonchev–Trinajstić information content (AvgIpc) is 2.66. The van der Waals surface area contributed by atoms with E-state index in [4.69, 9.17) is 4.42 Å². The largest absolute Gasteiger partial charge is 0.436 e. The minimum absolute atomic E-state index is 0.0236. The number of aromatic nitrogens is 1. The molecule has 1 N–H and O–H groups in total. The Morgan fingerprint density at radius 1 is 1.26 bits per heavy atom. The van der Waals surface area contributed by atoms with Crippen LogP contribution in [0.5, 0.6) is 0 Å². The highest BCUT2D eigenvalue weighted by Gasteiger charge is 2.31. The summed E-state index contributed by atoms with van der Waals surface area (Å²) in [6.45, 7) is 9.19. The van der Waals surface area contributed by atoms with Crippen LogP contribution in [-0.2, 0) is 0 Å². The van der Waals surface area contributed by atoms with Crippen LogP contribution in [0, 0.1) is 13.8 Å². The molecule has 0 aromatic carbocycles. The molecule has 0 saturated carbocycles. The summed E-state index contributed by atoms with van der Waals surface area (Å²) >= 11 is 0. The maximum absolute atomic E-state index is 12.4. The average molecular weight is 264 g/mol. The number of piperazine rings is 1. The van der Waals surface area contributed by atoms with Crippen molar-refractivity contribution in [1.29, 1.82) is 0 Å². The topological polar surface area (TPSA) is 61.6 Å². The Balaban J connectivity index is 1.61. The van der Waals surface area contributed by atoms with Gasteiger partial charge in [0, 0.05) is 52.2 Å². The smallest absolute Gasteiger partial charge is 0.291 e. The molecular weight excluding hydrogens is 244 g/mol. The molecule has 0 spiro atoms. The van der Waals surface area contributed by atoms with Gasteiger partial charge in [-0.2, -0.15) is 0 Å². The molecule has 104 valence electrons. The molecule has 6 heteroatoms. The minimum Gasteiger partial charge on any atom is -0.436 e. The van der Waals surface area contributed by atoms with E-state index in [9.17, 15) is 4.79 Å². The predicted molar refractivity (Wildman–Crippen MR) is 70.1 cm³/mol. The molecule has 0 unspecified atom stereocenters. The summed E-state index contributed by atoms with van der Waals surface area (Å²) in [5, 5.41) is 3.28. The molecule has 3 rings (SSSR count). The molecule has 19 heavy (non-hydrogen) atoms. The monoisotopic (exact) mass is 264 g/mol. The maximum Gasteiger partial charge on any atom is 0.291 e. The van der Waals surface area contributed by atoms with Gasteiger partial charge in [-0.25, -0.2) is 4.98 Å². The lowest BCUT2D eigenvalue weighted by atomic mass is 10.1. The molecule has 0 radical (unpaired) electrons. The van der Waals surface area contributed by atoms with Gasteiger partial charge >= 0.3 is 0 Å². The molecule has 2 aliphatic rings. The third kappa shape index (κ3) is 2.37. The van der Waals surface area contributed by atoms with E-state index >= 15 is 0 Å². The fourth-order valence-corrected chi connectivity index (χ4v) is 2.70. The number of rotatable bonds is 2. The van der Waals surface area contributed by atoms with E-state index < -0.39 is 0 Å². The number of nitrogens with one attached hydrogen (secondary N) is 1. The predicted octanol–water partition coefficient (Wildman–Crippen LogP) is 0.0210. The highest BCUT2D eigenvalue weighted by molar-refractivity contribution is 5.92. The summed E-state index contributed by atoms with van der Waals surface area (Å²) in [4.78, 5) is 20.8. The van der Waals surface area contributed by atoms with Crippen molar-refractivity contribution in [2.24, 2.45) is 0 Å². The zero-order chi connectivity index (χ0) is 13.4. The van der Waals surface area contributed by atoms with Gasteiger partial charge in [-0.3, -0.25) is 9.69 Å². The molecule has 0 atom stereocenters. The minimum atomic E-state index is -0.0236. The van der Waals surface area contributed by atoms with Crippen LogP contribution in [0.15, 0.2) is 4.42 Å². The van der Waals surface area contributed by atoms with Crippen molar-refractivity contribution in [2.45, 2.75) is 19.9 Å². The molecular formula is C13H20N4O2. The Labute approximate surface area is 112 Å². The van der Waals surface area contributed by atoms with Crippen molar-refractivity contribution in [1.82, 2.24) is 20.1 Å². The second-order valence-corrected chi connectivity index (χ2v) is 5.29. The second-order valence-electron chi connectivity index (χ2n) is 5.29. The van der Waals surface area contributed by atoms with E-state index in [0.717, 1.165) is 39.3 Å². The van der Waals surface area contributed by atoms with Crippen LogP contribution < -0.4 is 5.32 Å². The van der Waals surface area contributed by atoms with Crippen molar-refractivity contribution in [3.8, 4) is 0 Å². The van der Waals surface area contributed by atoms with Crippen LogP contribution in [0.2, 0.25) is 0 Å². The summed E-state index contributed by atoms with van der Waals surface area (Å²) in [7, 11) is 0. The summed E-state index contributed by atoms with van der Waals surface area (Å²) in [5.74, 6) is 0.931. The molecule has 2 saturated heterocycles. The SMILES string of the molecule is Cc1nc(C)c(C(=O)N2CCN(C3CNC3)CC2)o1. The number of nitrogens with zero attached hydrogens (tertiary/aromatic N) is 3. The fraction of sp³-hybridized carbons (Fsp3) is 0.692. The number of aryl methyl sites for hydroxylation is 2. The standard InChI is InChI=1S/C13H20N4O2/c1-9-12(19-10(2)15-9)13(18)17-5-3-16(4-6-17)11-7-14-8-11/h11,14H,3-8H2,1-2H3. The van der Waals surface area contributed by atoms with Crippen LogP contribution in [0.3, 0.4) is 0 Å². The first-order valence-corrected chi connectivity index (χ1v) is 6.83. The van der Waals surface area contributed by atoms with E-state index in [-0.39, 0.29) is 5.91 Å². The molecule has 2 aliphatic heterocycles. The van der Waals surface area contributed by atoms with Crippen molar-refractivity contribution < 1.29 is 9.21 Å². The Kier molecular flexibility index (Phi) is 3.28. The maximum atomic E-state index is 12.4. The lowest BCUT2D eigenvalue weighted by Crippen LogP contribution is -2.62. The van der Waals surface area contributed by atoms with Crippen molar-refractivity contribution in [3.05, 3.63) is 17.3 Å². The molecule has 0 aliphatic carbocycles. The Hall–Kier alpha value is -1.40. The number of oxazole rings is 1. The van der Waals surface area contributed by atoms with Gasteiger partial charge in [0.05, 0.1) is 5.69 Å². The highest BCUT2D eigenvalue weighted by atomic mass is 16.4. The van der Waals surface area contributed by atoms with Gasteiger partial charge in [-0.1, -0.05) is 0 Å². The summed E-state index contributed by atoms with van der Waals surface area (Å²) in [5.41, 5.74) is 0.688. The van der Waals surface area contributed by atoms with Crippen LogP contribution in [-0.4, -0.2) is 66.0 Å². The van der Waals surface area contributed by atoms with E-state index in [0.29, 0.717) is 23.4 Å². The zero-order valence-electron chi connectivity index (χ0n) is 11.5. The Bertz CT molecular complexity index is 473. The molecule has 1 aromatic rings. The molecule has 0 bridgehead atoms. The number of hydrogen-bond acceptors (Lipinski definition) is 5. The van der Waals surface area contributed by atoms with E-state index in [1.165, 1.54) is 0 Å². The van der Waals surface area contributed by atoms with Gasteiger partial charge in [-0.05, 0) is 6.92 Å². The van der Waals surface area contributed by atoms with Gasteiger partial charge in [0.15, 0.2) is 5.89 Å². The first kappa shape index (κ1) is 12.6. The van der Waals surface area contributed by atoms with Crippen molar-refractivity contribution in [2.75, 3.05) is 39.3 Å². The quantitative estimate of drug-likeness (QED) is 0.816. The number of amides is 1. The molecule has 3 heterocycles. The number of carbonyl (C=O) groups is 1. The Morgan fingerprint density at radius 3 is 2.42 bits per heavy atom. The van der Waals surface area contributed by atoms with Gasteiger partial charge < -0.3 is 14.6 Å². The van der Waals surface area contributed by atoms with Crippen molar-refractivity contribution >= 4 is 5.91 Å². The molecule has 6 nitrogen and oxygen atoms in total. The second kappa shape index (κ2) is 4.94. The molecule has 1 aromatic heterocycles. The highest BCUT2D eigenvalue weighted by Crippen LogP contribution is 2.15. The van der Waals surface area contributed by atoms with Crippen molar-refractivity contribution in [3.63, 3.8) is 0 Å². The first-order valence-electron chi connectivity index (χ1n) is 6.83.